The lowest BCUT2D eigenvalue weighted by Gasteiger charge is -2.34. The molecule has 0 N–H and O–H groups in total. The van der Waals surface area contributed by atoms with E-state index in [0.29, 0.717) is 37.7 Å². The van der Waals surface area contributed by atoms with Gasteiger partial charge in [0.1, 0.15) is 11.5 Å². The largest absolute Gasteiger partial charge is 0.497 e. The van der Waals surface area contributed by atoms with Crippen LogP contribution in [-0.2, 0) is 11.2 Å². The van der Waals surface area contributed by atoms with Crippen molar-refractivity contribution in [3.63, 3.8) is 0 Å². The Morgan fingerprint density at radius 3 is 2.38 bits per heavy atom. The Kier molecular flexibility index (Phi) is 5.78. The molecule has 0 atom stereocenters. The van der Waals surface area contributed by atoms with Gasteiger partial charge in [0.05, 0.1) is 25.5 Å². The SMILES string of the molecule is COc1ccc(CC(=O)N2CCN(C(=O)c3cccs3)CC2)c(OC)c1. The van der Waals surface area contributed by atoms with Gasteiger partial charge in [-0.2, -0.15) is 0 Å². The highest BCUT2D eigenvalue weighted by Gasteiger charge is 2.25. The third-order valence-corrected chi connectivity index (χ3v) is 5.35. The van der Waals surface area contributed by atoms with Gasteiger partial charge >= 0.3 is 0 Å². The first kappa shape index (κ1) is 18.3. The van der Waals surface area contributed by atoms with Gasteiger partial charge in [-0.05, 0) is 17.5 Å². The van der Waals surface area contributed by atoms with Crippen molar-refractivity contribution in [2.24, 2.45) is 0 Å². The average Bonchev–Trinajstić information content (AvgIpc) is 3.22. The Balaban J connectivity index is 1.58. The number of amides is 2. The standard InChI is InChI=1S/C19H22N2O4S/c1-24-15-6-5-14(16(13-15)25-2)12-18(22)20-7-9-21(10-8-20)19(23)17-4-3-11-26-17/h3-6,11,13H,7-10,12H2,1-2H3. The summed E-state index contributed by atoms with van der Waals surface area (Å²) in [7, 11) is 3.17. The fraction of sp³-hybridized carbons (Fsp3) is 0.368. The van der Waals surface area contributed by atoms with Crippen LogP contribution >= 0.6 is 11.3 Å². The fourth-order valence-corrected chi connectivity index (χ4v) is 3.68. The Morgan fingerprint density at radius 2 is 1.77 bits per heavy atom. The lowest BCUT2D eigenvalue weighted by Crippen LogP contribution is -2.50. The van der Waals surface area contributed by atoms with Crippen LogP contribution in [0, 0.1) is 0 Å². The molecule has 2 heterocycles. The number of methoxy groups -OCH3 is 2. The first-order valence-corrected chi connectivity index (χ1v) is 9.32. The normalized spacial score (nSPS) is 14.2. The summed E-state index contributed by atoms with van der Waals surface area (Å²) in [4.78, 5) is 29.4. The first-order valence-electron chi connectivity index (χ1n) is 8.44. The van der Waals surface area contributed by atoms with E-state index in [1.54, 1.807) is 20.3 Å². The molecule has 0 unspecified atom stereocenters. The van der Waals surface area contributed by atoms with Crippen LogP contribution in [0.15, 0.2) is 35.7 Å². The van der Waals surface area contributed by atoms with Crippen molar-refractivity contribution in [3.8, 4) is 11.5 Å². The molecular weight excluding hydrogens is 352 g/mol. The number of nitrogens with zero attached hydrogens (tertiary/aromatic N) is 2. The van der Waals surface area contributed by atoms with Crippen LogP contribution in [-0.4, -0.2) is 62.0 Å². The molecule has 0 aliphatic carbocycles. The van der Waals surface area contributed by atoms with Gasteiger partial charge in [0.2, 0.25) is 5.91 Å². The molecule has 138 valence electrons. The molecule has 0 radical (unpaired) electrons. The molecule has 1 aromatic heterocycles. The molecular formula is C19H22N2O4S. The summed E-state index contributed by atoms with van der Waals surface area (Å²) in [5.41, 5.74) is 0.829. The third kappa shape index (κ3) is 3.99. The monoisotopic (exact) mass is 374 g/mol. The zero-order valence-corrected chi connectivity index (χ0v) is 15.8. The summed E-state index contributed by atoms with van der Waals surface area (Å²) in [6.07, 6.45) is 0.270. The lowest BCUT2D eigenvalue weighted by molar-refractivity contribution is -0.131. The Morgan fingerprint density at radius 1 is 1.04 bits per heavy atom. The second kappa shape index (κ2) is 8.23. The fourth-order valence-electron chi connectivity index (χ4n) is 2.99. The van der Waals surface area contributed by atoms with Crippen molar-refractivity contribution in [1.82, 2.24) is 9.80 Å². The summed E-state index contributed by atoms with van der Waals surface area (Å²) in [6, 6.07) is 9.16. The minimum atomic E-state index is 0.0386. The topological polar surface area (TPSA) is 59.1 Å². The molecule has 0 spiro atoms. The van der Waals surface area contributed by atoms with Crippen molar-refractivity contribution in [2.75, 3.05) is 40.4 Å². The molecule has 1 aliphatic rings. The van der Waals surface area contributed by atoms with E-state index in [-0.39, 0.29) is 18.2 Å². The number of carbonyl (C=O) groups is 2. The number of thiophene rings is 1. The number of ether oxygens (including phenoxy) is 2. The second-order valence-electron chi connectivity index (χ2n) is 6.00. The molecule has 2 aromatic rings. The molecule has 0 bridgehead atoms. The van der Waals surface area contributed by atoms with E-state index in [4.69, 9.17) is 9.47 Å². The highest BCUT2D eigenvalue weighted by atomic mass is 32.1. The quantitative estimate of drug-likeness (QED) is 0.806. The van der Waals surface area contributed by atoms with Gasteiger partial charge in [-0.3, -0.25) is 9.59 Å². The minimum Gasteiger partial charge on any atom is -0.497 e. The lowest BCUT2D eigenvalue weighted by atomic mass is 10.1. The van der Waals surface area contributed by atoms with Crippen LogP contribution in [0.3, 0.4) is 0 Å². The Hall–Kier alpha value is -2.54. The molecule has 6 nitrogen and oxygen atoms in total. The van der Waals surface area contributed by atoms with Crippen LogP contribution in [0.4, 0.5) is 0 Å². The molecule has 1 aromatic carbocycles. The van der Waals surface area contributed by atoms with E-state index in [1.165, 1.54) is 11.3 Å². The molecule has 26 heavy (non-hydrogen) atoms. The molecule has 1 fully saturated rings. The van der Waals surface area contributed by atoms with Crippen LogP contribution in [0.2, 0.25) is 0 Å². The van der Waals surface area contributed by atoms with Gasteiger partial charge in [0, 0.05) is 37.8 Å². The summed E-state index contributed by atoms with van der Waals surface area (Å²) >= 11 is 1.44. The number of rotatable bonds is 5. The van der Waals surface area contributed by atoms with Gasteiger partial charge in [0.25, 0.3) is 5.91 Å². The zero-order valence-electron chi connectivity index (χ0n) is 14.9. The molecule has 7 heteroatoms. The number of carbonyl (C=O) groups excluding carboxylic acids is 2. The van der Waals surface area contributed by atoms with E-state index in [2.05, 4.69) is 0 Å². The number of benzene rings is 1. The van der Waals surface area contributed by atoms with E-state index < -0.39 is 0 Å². The van der Waals surface area contributed by atoms with Crippen molar-refractivity contribution in [3.05, 3.63) is 46.2 Å². The van der Waals surface area contributed by atoms with Crippen LogP contribution in [0.5, 0.6) is 11.5 Å². The van der Waals surface area contributed by atoms with Gasteiger partial charge in [-0.15, -0.1) is 11.3 Å². The number of hydrogen-bond acceptors (Lipinski definition) is 5. The van der Waals surface area contributed by atoms with Crippen molar-refractivity contribution in [2.45, 2.75) is 6.42 Å². The summed E-state index contributed by atoms with van der Waals surface area (Å²) in [5.74, 6) is 1.42. The maximum Gasteiger partial charge on any atom is 0.264 e. The smallest absolute Gasteiger partial charge is 0.264 e. The average molecular weight is 374 g/mol. The maximum absolute atomic E-state index is 12.6. The summed E-state index contributed by atoms with van der Waals surface area (Å²) < 4.78 is 10.5. The van der Waals surface area contributed by atoms with Crippen molar-refractivity contribution >= 4 is 23.2 Å². The molecule has 1 saturated heterocycles. The van der Waals surface area contributed by atoms with Gasteiger partial charge in [-0.1, -0.05) is 12.1 Å². The molecule has 0 saturated carbocycles. The predicted molar refractivity (Wildman–Crippen MR) is 100 cm³/mol. The van der Waals surface area contributed by atoms with E-state index in [0.717, 1.165) is 10.4 Å². The van der Waals surface area contributed by atoms with Crippen molar-refractivity contribution < 1.29 is 19.1 Å². The molecule has 3 rings (SSSR count). The van der Waals surface area contributed by atoms with Crippen molar-refractivity contribution in [1.29, 1.82) is 0 Å². The molecule has 2 amide bonds. The Labute approximate surface area is 156 Å². The van der Waals surface area contributed by atoms with Crippen LogP contribution in [0.25, 0.3) is 0 Å². The summed E-state index contributed by atoms with van der Waals surface area (Å²) in [6.45, 7) is 2.22. The van der Waals surface area contributed by atoms with E-state index >= 15 is 0 Å². The van der Waals surface area contributed by atoms with Gasteiger partial charge in [0.15, 0.2) is 0 Å². The summed E-state index contributed by atoms with van der Waals surface area (Å²) in [5, 5.41) is 1.90. The predicted octanol–water partition coefficient (Wildman–Crippen LogP) is 2.29. The number of piperazine rings is 1. The second-order valence-corrected chi connectivity index (χ2v) is 6.95. The highest BCUT2D eigenvalue weighted by molar-refractivity contribution is 7.12. The van der Waals surface area contributed by atoms with E-state index in [1.807, 2.05) is 39.4 Å². The number of hydrogen-bond donors (Lipinski definition) is 0. The minimum absolute atomic E-state index is 0.0386. The first-order chi connectivity index (χ1) is 12.6. The highest BCUT2D eigenvalue weighted by Crippen LogP contribution is 2.25. The van der Waals surface area contributed by atoms with Crippen LogP contribution < -0.4 is 9.47 Å². The van der Waals surface area contributed by atoms with Gasteiger partial charge in [-0.25, -0.2) is 0 Å². The van der Waals surface area contributed by atoms with Crippen LogP contribution in [0.1, 0.15) is 15.2 Å². The molecule has 1 aliphatic heterocycles. The van der Waals surface area contributed by atoms with E-state index in [9.17, 15) is 9.59 Å². The maximum atomic E-state index is 12.6. The zero-order chi connectivity index (χ0) is 18.5. The third-order valence-electron chi connectivity index (χ3n) is 4.49. The Bertz CT molecular complexity index is 768. The van der Waals surface area contributed by atoms with Gasteiger partial charge < -0.3 is 19.3 Å².